The van der Waals surface area contributed by atoms with Crippen molar-refractivity contribution in [2.24, 2.45) is 5.92 Å². The van der Waals surface area contributed by atoms with Crippen LogP contribution in [0.25, 0.3) is 0 Å². The van der Waals surface area contributed by atoms with Crippen molar-refractivity contribution in [2.75, 3.05) is 25.2 Å². The number of nitrogens with zero attached hydrogens (tertiary/aromatic N) is 3. The monoisotopic (exact) mass is 327 g/mol. The highest BCUT2D eigenvalue weighted by Gasteiger charge is 2.51. The molecule has 1 aliphatic heterocycles. The van der Waals surface area contributed by atoms with E-state index in [2.05, 4.69) is 16.0 Å². The van der Waals surface area contributed by atoms with Crippen molar-refractivity contribution in [1.29, 1.82) is 5.26 Å². The third-order valence-corrected chi connectivity index (χ3v) is 5.98. The van der Waals surface area contributed by atoms with E-state index in [1.54, 1.807) is 6.20 Å². The van der Waals surface area contributed by atoms with Gasteiger partial charge in [-0.25, -0.2) is 4.98 Å². The number of anilines is 1. The second-order valence-corrected chi connectivity index (χ2v) is 7.42. The lowest BCUT2D eigenvalue weighted by Gasteiger charge is -2.43. The summed E-state index contributed by atoms with van der Waals surface area (Å²) >= 11 is 0. The Balaban J connectivity index is 1.50. The summed E-state index contributed by atoms with van der Waals surface area (Å²) in [7, 11) is 1.84. The molecule has 0 bridgehead atoms. The van der Waals surface area contributed by atoms with Gasteiger partial charge in [0.1, 0.15) is 11.9 Å². The molecule has 128 valence electrons. The van der Waals surface area contributed by atoms with Gasteiger partial charge in [-0.05, 0) is 56.6 Å². The molecule has 1 saturated heterocycles. The van der Waals surface area contributed by atoms with Crippen LogP contribution in [0.5, 0.6) is 0 Å². The fraction of sp³-hybridized carbons (Fsp3) is 0.684. The minimum absolute atomic E-state index is 0.0744. The molecule has 0 radical (unpaired) electrons. The number of hydrogen-bond acceptors (Lipinski definition) is 5. The van der Waals surface area contributed by atoms with Crippen molar-refractivity contribution in [1.82, 2.24) is 4.98 Å². The van der Waals surface area contributed by atoms with Crippen LogP contribution in [0.3, 0.4) is 0 Å². The maximum atomic E-state index is 8.96. The van der Waals surface area contributed by atoms with Crippen LogP contribution in [0.2, 0.25) is 0 Å². The van der Waals surface area contributed by atoms with Crippen molar-refractivity contribution in [3.63, 3.8) is 0 Å². The summed E-state index contributed by atoms with van der Waals surface area (Å²) in [5.41, 5.74) is 0.528. The Hall–Kier alpha value is -1.64. The van der Waals surface area contributed by atoms with E-state index in [-0.39, 0.29) is 5.60 Å². The summed E-state index contributed by atoms with van der Waals surface area (Å²) in [6, 6.07) is 6.24. The zero-order chi connectivity index (χ0) is 16.6. The highest BCUT2D eigenvalue weighted by atomic mass is 16.5. The molecule has 4 rings (SSSR count). The molecule has 2 heterocycles. The number of hydrogen-bond donors (Lipinski definition) is 0. The van der Waals surface area contributed by atoms with E-state index in [1.165, 1.54) is 12.8 Å². The van der Waals surface area contributed by atoms with Crippen molar-refractivity contribution < 1.29 is 9.47 Å². The van der Waals surface area contributed by atoms with Crippen LogP contribution in [-0.4, -0.2) is 43.0 Å². The molecular formula is C19H25N3O2. The van der Waals surface area contributed by atoms with Gasteiger partial charge in [-0.15, -0.1) is 0 Å². The fourth-order valence-electron chi connectivity index (χ4n) is 4.27. The molecule has 24 heavy (non-hydrogen) atoms. The zero-order valence-electron chi connectivity index (χ0n) is 14.3. The molecule has 2 saturated carbocycles. The number of pyridine rings is 1. The van der Waals surface area contributed by atoms with Gasteiger partial charge < -0.3 is 14.4 Å². The van der Waals surface area contributed by atoms with E-state index in [4.69, 9.17) is 14.7 Å². The summed E-state index contributed by atoms with van der Waals surface area (Å²) < 4.78 is 12.2. The number of fused-ring (bicyclic) bond motifs is 1. The standard InChI is InChI=1S/C19H25N3O2/c1-23-19-7-6-16(24-13-14-2-3-14)10-17(19)22(9-8-19)18-5-4-15(11-20)12-21-18/h4-5,12,14,16-17H,2-3,6-10,13H2,1H3/t16-,17-,19+/m0/s1. The molecule has 3 fully saturated rings. The Kier molecular flexibility index (Phi) is 4.19. The number of ether oxygens (including phenoxy) is 2. The first kappa shape index (κ1) is 15.9. The lowest BCUT2D eigenvalue weighted by atomic mass is 9.79. The number of rotatable bonds is 5. The molecule has 0 aromatic carbocycles. The van der Waals surface area contributed by atoms with Gasteiger partial charge in [-0.1, -0.05) is 0 Å². The van der Waals surface area contributed by atoms with Gasteiger partial charge in [-0.3, -0.25) is 0 Å². The fourth-order valence-corrected chi connectivity index (χ4v) is 4.27. The van der Waals surface area contributed by atoms with E-state index in [0.29, 0.717) is 17.7 Å². The van der Waals surface area contributed by atoms with Crippen molar-refractivity contribution in [3.8, 4) is 6.07 Å². The third kappa shape index (κ3) is 2.89. The summed E-state index contributed by atoms with van der Waals surface area (Å²) in [6.07, 6.45) is 8.83. The predicted octanol–water partition coefficient (Wildman–Crippen LogP) is 2.90. The van der Waals surface area contributed by atoms with E-state index in [1.807, 2.05) is 19.2 Å². The molecule has 2 aliphatic carbocycles. The Morgan fingerprint density at radius 1 is 1.33 bits per heavy atom. The minimum atomic E-state index is -0.0744. The van der Waals surface area contributed by atoms with Gasteiger partial charge in [0.25, 0.3) is 0 Å². The Labute approximate surface area is 143 Å². The largest absolute Gasteiger partial charge is 0.378 e. The molecule has 0 N–H and O–H groups in total. The third-order valence-electron chi connectivity index (χ3n) is 5.98. The Bertz CT molecular complexity index is 622. The SMILES string of the molecule is CO[C@@]12CC[C@H](OCC3CC3)C[C@@H]1N(c1ccc(C#N)cn1)CC2. The highest BCUT2D eigenvalue weighted by Crippen LogP contribution is 2.44. The van der Waals surface area contributed by atoms with Crippen LogP contribution in [0, 0.1) is 17.2 Å². The lowest BCUT2D eigenvalue weighted by Crippen LogP contribution is -2.52. The van der Waals surface area contributed by atoms with E-state index in [9.17, 15) is 0 Å². The van der Waals surface area contributed by atoms with E-state index < -0.39 is 0 Å². The van der Waals surface area contributed by atoms with Crippen LogP contribution in [0.4, 0.5) is 5.82 Å². The van der Waals surface area contributed by atoms with Crippen LogP contribution in [-0.2, 0) is 9.47 Å². The Morgan fingerprint density at radius 3 is 2.88 bits per heavy atom. The molecule has 1 aromatic rings. The summed E-state index contributed by atoms with van der Waals surface area (Å²) in [5.74, 6) is 1.75. The van der Waals surface area contributed by atoms with Crippen LogP contribution in [0.1, 0.15) is 44.1 Å². The van der Waals surface area contributed by atoms with Gasteiger partial charge in [0, 0.05) is 26.5 Å². The smallest absolute Gasteiger partial charge is 0.128 e. The quantitative estimate of drug-likeness (QED) is 0.832. The molecule has 3 aliphatic rings. The van der Waals surface area contributed by atoms with Crippen molar-refractivity contribution in [3.05, 3.63) is 23.9 Å². The van der Waals surface area contributed by atoms with E-state index in [0.717, 1.165) is 50.6 Å². The van der Waals surface area contributed by atoms with Crippen molar-refractivity contribution in [2.45, 2.75) is 56.3 Å². The first-order chi connectivity index (χ1) is 11.7. The highest BCUT2D eigenvalue weighted by molar-refractivity contribution is 5.46. The molecule has 0 spiro atoms. The van der Waals surface area contributed by atoms with Crippen molar-refractivity contribution >= 4 is 5.82 Å². The maximum absolute atomic E-state index is 8.96. The molecule has 5 nitrogen and oxygen atoms in total. The van der Waals surface area contributed by atoms with Gasteiger partial charge >= 0.3 is 0 Å². The topological polar surface area (TPSA) is 58.4 Å². The van der Waals surface area contributed by atoms with Crippen LogP contribution in [0.15, 0.2) is 18.3 Å². The summed E-state index contributed by atoms with van der Waals surface area (Å²) in [6.45, 7) is 1.87. The molecular weight excluding hydrogens is 302 g/mol. The summed E-state index contributed by atoms with van der Waals surface area (Å²) in [4.78, 5) is 6.86. The summed E-state index contributed by atoms with van der Waals surface area (Å²) in [5, 5.41) is 8.96. The first-order valence-corrected chi connectivity index (χ1v) is 9.03. The predicted molar refractivity (Wildman–Crippen MR) is 90.8 cm³/mol. The molecule has 0 amide bonds. The minimum Gasteiger partial charge on any atom is -0.378 e. The number of nitriles is 1. The molecule has 1 aromatic heterocycles. The average molecular weight is 327 g/mol. The second-order valence-electron chi connectivity index (χ2n) is 7.42. The van der Waals surface area contributed by atoms with Gasteiger partial charge in [0.2, 0.25) is 0 Å². The number of methoxy groups -OCH3 is 1. The average Bonchev–Trinajstić information content (AvgIpc) is 3.39. The molecule has 3 atom stereocenters. The molecule has 0 unspecified atom stereocenters. The normalized spacial score (nSPS) is 32.4. The zero-order valence-corrected chi connectivity index (χ0v) is 14.3. The van der Waals surface area contributed by atoms with Crippen LogP contribution < -0.4 is 4.90 Å². The van der Waals surface area contributed by atoms with Gasteiger partial charge in [-0.2, -0.15) is 5.26 Å². The number of aromatic nitrogens is 1. The lowest BCUT2D eigenvalue weighted by molar-refractivity contribution is -0.0816. The van der Waals surface area contributed by atoms with Crippen LogP contribution >= 0.6 is 0 Å². The second kappa shape index (κ2) is 6.34. The Morgan fingerprint density at radius 2 is 2.21 bits per heavy atom. The first-order valence-electron chi connectivity index (χ1n) is 9.03. The molecule has 5 heteroatoms. The van der Waals surface area contributed by atoms with E-state index >= 15 is 0 Å². The maximum Gasteiger partial charge on any atom is 0.128 e. The van der Waals surface area contributed by atoms with Gasteiger partial charge in [0.05, 0.1) is 23.3 Å². The van der Waals surface area contributed by atoms with Gasteiger partial charge in [0.15, 0.2) is 0 Å².